The zero-order valence-corrected chi connectivity index (χ0v) is 12.0. The van der Waals surface area contributed by atoms with E-state index in [9.17, 15) is 0 Å². The number of hydrogen-bond donors (Lipinski definition) is 2. The largest absolute Gasteiger partial charge is 0.326 e. The summed E-state index contributed by atoms with van der Waals surface area (Å²) in [5, 5.41) is 0. The Bertz CT molecular complexity index is 342. The van der Waals surface area contributed by atoms with Crippen molar-refractivity contribution >= 4 is 0 Å². The van der Waals surface area contributed by atoms with Crippen LogP contribution >= 0.6 is 0 Å². The Morgan fingerprint density at radius 2 is 1.05 bits per heavy atom. The number of nitrogens with two attached hydrogens (primary N) is 2. The van der Waals surface area contributed by atoms with E-state index in [1.54, 1.807) is 0 Å². The maximum absolute atomic E-state index is 5.82. The molecule has 19 heavy (non-hydrogen) atoms. The van der Waals surface area contributed by atoms with Gasteiger partial charge < -0.3 is 11.5 Å². The van der Waals surface area contributed by atoms with Crippen LogP contribution in [0.1, 0.15) is 48.0 Å². The average Bonchev–Trinajstić information content (AvgIpc) is 2.34. The van der Waals surface area contributed by atoms with Crippen molar-refractivity contribution in [2.24, 2.45) is 35.1 Å². The van der Waals surface area contributed by atoms with Crippen LogP contribution in [0.25, 0.3) is 0 Å². The van der Waals surface area contributed by atoms with Crippen LogP contribution < -0.4 is 11.5 Å². The van der Waals surface area contributed by atoms with E-state index in [4.69, 9.17) is 11.5 Å². The summed E-state index contributed by atoms with van der Waals surface area (Å²) in [6.07, 6.45) is 1.96. The van der Waals surface area contributed by atoms with Gasteiger partial charge in [-0.15, -0.1) is 11.8 Å². The van der Waals surface area contributed by atoms with Crippen LogP contribution in [0, 0.1) is 47.4 Å². The lowest BCUT2D eigenvalue weighted by atomic mass is 9.86. The summed E-state index contributed by atoms with van der Waals surface area (Å²) in [5.74, 6) is 14.3. The van der Waals surface area contributed by atoms with Gasteiger partial charge in [-0.1, -0.05) is 33.1 Å². The third-order valence-electron chi connectivity index (χ3n) is 3.98. The van der Waals surface area contributed by atoms with Gasteiger partial charge in [0.1, 0.15) is 0 Å². The minimum Gasteiger partial charge on any atom is -0.326 e. The van der Waals surface area contributed by atoms with Crippen LogP contribution in [-0.4, -0.2) is 12.1 Å². The first-order valence-electron chi connectivity index (χ1n) is 6.91. The van der Waals surface area contributed by atoms with Crippen LogP contribution in [0.15, 0.2) is 0 Å². The van der Waals surface area contributed by atoms with Crippen molar-refractivity contribution in [3.05, 3.63) is 0 Å². The Hall–Kier alpha value is -0.960. The van der Waals surface area contributed by atoms with Gasteiger partial charge >= 0.3 is 0 Å². The zero-order chi connectivity index (χ0) is 13.7. The molecule has 0 saturated heterocycles. The average molecular weight is 262 g/mol. The summed E-state index contributed by atoms with van der Waals surface area (Å²) in [6.45, 7) is 8.50. The van der Waals surface area contributed by atoms with Crippen molar-refractivity contribution in [3.8, 4) is 23.7 Å². The zero-order valence-electron chi connectivity index (χ0n) is 12.0. The highest BCUT2D eigenvalue weighted by Crippen LogP contribution is 2.17. The van der Waals surface area contributed by atoms with Crippen molar-refractivity contribution in [1.82, 2.24) is 0 Å². The van der Waals surface area contributed by atoms with E-state index in [0.29, 0.717) is 35.8 Å². The molecule has 0 fully saturated rings. The Labute approximate surface area is 119 Å². The molecule has 0 spiro atoms. The number of rotatable bonds is 0. The predicted molar refractivity (Wildman–Crippen MR) is 84.1 cm³/mol. The van der Waals surface area contributed by atoms with Gasteiger partial charge in [0.05, 0.1) is 0 Å². The third kappa shape index (κ3) is 5.27. The smallest absolute Gasteiger partial charge is 0.0328 e. The van der Waals surface area contributed by atoms with Gasteiger partial charge in [-0.2, -0.15) is 0 Å². The molecule has 0 aromatic heterocycles. The van der Waals surface area contributed by atoms with Gasteiger partial charge in [0, 0.05) is 36.8 Å². The van der Waals surface area contributed by atoms with Crippen LogP contribution in [0.2, 0.25) is 0 Å². The monoisotopic (exact) mass is 262 g/mol. The molecule has 0 aliphatic heterocycles. The first kappa shape index (κ1) is 18.0. The van der Waals surface area contributed by atoms with Gasteiger partial charge in [0.25, 0.3) is 0 Å². The minimum absolute atomic E-state index is 0. The van der Waals surface area contributed by atoms with Crippen molar-refractivity contribution in [1.29, 1.82) is 0 Å². The Morgan fingerprint density at radius 1 is 0.737 bits per heavy atom. The molecular formula is C17H30N2. The lowest BCUT2D eigenvalue weighted by Crippen LogP contribution is -2.35. The van der Waals surface area contributed by atoms with Crippen molar-refractivity contribution in [2.75, 3.05) is 0 Å². The normalized spacial score (nSPS) is 39.3. The fourth-order valence-corrected chi connectivity index (χ4v) is 2.21. The van der Waals surface area contributed by atoms with Gasteiger partial charge in [0.2, 0.25) is 0 Å². The maximum atomic E-state index is 5.82. The van der Waals surface area contributed by atoms with E-state index in [1.807, 2.05) is 0 Å². The SMILES string of the molecule is C.CC1C#CCC(C)C1N.CC1C#CCC(C)C1N. The van der Waals surface area contributed by atoms with E-state index >= 15 is 0 Å². The predicted octanol–water partition coefficient (Wildman–Crippen LogP) is 2.62. The molecule has 0 aromatic carbocycles. The molecule has 0 radical (unpaired) electrons. The molecule has 6 atom stereocenters. The molecule has 2 aliphatic rings. The molecule has 2 heteroatoms. The summed E-state index contributed by atoms with van der Waals surface area (Å²) >= 11 is 0. The molecule has 0 heterocycles. The van der Waals surface area contributed by atoms with Crippen molar-refractivity contribution in [3.63, 3.8) is 0 Å². The van der Waals surface area contributed by atoms with E-state index in [0.717, 1.165) is 12.8 Å². The van der Waals surface area contributed by atoms with E-state index in [1.165, 1.54) is 0 Å². The highest BCUT2D eigenvalue weighted by atomic mass is 14.7. The first-order valence-corrected chi connectivity index (χ1v) is 6.91. The second-order valence-corrected chi connectivity index (χ2v) is 5.74. The quantitative estimate of drug-likeness (QED) is 0.659. The molecule has 4 N–H and O–H groups in total. The van der Waals surface area contributed by atoms with Crippen LogP contribution in [0.3, 0.4) is 0 Å². The lowest BCUT2D eigenvalue weighted by Gasteiger charge is -2.23. The van der Waals surface area contributed by atoms with E-state index in [2.05, 4.69) is 51.4 Å². The van der Waals surface area contributed by atoms with Crippen LogP contribution in [0.5, 0.6) is 0 Å². The molecular weight excluding hydrogens is 232 g/mol. The van der Waals surface area contributed by atoms with Gasteiger partial charge in [-0.05, 0) is 25.7 Å². The van der Waals surface area contributed by atoms with Crippen molar-refractivity contribution < 1.29 is 0 Å². The molecule has 0 amide bonds. The highest BCUT2D eigenvalue weighted by molar-refractivity contribution is 5.12. The minimum atomic E-state index is 0. The third-order valence-corrected chi connectivity index (χ3v) is 3.98. The van der Waals surface area contributed by atoms with Gasteiger partial charge in [-0.3, -0.25) is 0 Å². The second-order valence-electron chi connectivity index (χ2n) is 5.74. The molecule has 2 aliphatic carbocycles. The molecule has 0 aromatic rings. The lowest BCUT2D eigenvalue weighted by molar-refractivity contribution is 0.391. The summed E-state index contributed by atoms with van der Waals surface area (Å²) in [5.41, 5.74) is 11.6. The summed E-state index contributed by atoms with van der Waals surface area (Å²) < 4.78 is 0. The fraction of sp³-hybridized carbons (Fsp3) is 0.765. The summed E-state index contributed by atoms with van der Waals surface area (Å²) in [6, 6.07) is 0.595. The highest BCUT2D eigenvalue weighted by Gasteiger charge is 2.20. The molecule has 6 unspecified atom stereocenters. The van der Waals surface area contributed by atoms with Crippen LogP contribution in [-0.2, 0) is 0 Å². The molecule has 0 saturated carbocycles. The Kier molecular flexibility index (Phi) is 7.84. The van der Waals surface area contributed by atoms with Crippen LogP contribution in [0.4, 0.5) is 0 Å². The molecule has 0 bridgehead atoms. The van der Waals surface area contributed by atoms with Crippen molar-refractivity contribution in [2.45, 2.75) is 60.0 Å². The summed E-state index contributed by atoms with van der Waals surface area (Å²) in [4.78, 5) is 0. The van der Waals surface area contributed by atoms with Gasteiger partial charge in [0.15, 0.2) is 0 Å². The molecule has 2 rings (SSSR count). The van der Waals surface area contributed by atoms with E-state index < -0.39 is 0 Å². The topological polar surface area (TPSA) is 52.0 Å². The molecule has 2 nitrogen and oxygen atoms in total. The maximum Gasteiger partial charge on any atom is 0.0328 e. The standard InChI is InChI=1S/2C8H13N.CH4/c2*1-6-4-3-5-7(2)8(6)9;/h2*6-8H,4,9H2,1-2H3;1H4. The first-order chi connectivity index (χ1) is 8.43. The second kappa shape index (κ2) is 8.26. The van der Waals surface area contributed by atoms with Gasteiger partial charge in [-0.25, -0.2) is 0 Å². The fourth-order valence-electron chi connectivity index (χ4n) is 2.21. The Balaban J connectivity index is 0.000000324. The number of hydrogen-bond acceptors (Lipinski definition) is 2. The molecule has 108 valence electrons. The Morgan fingerprint density at radius 3 is 1.26 bits per heavy atom. The van der Waals surface area contributed by atoms with E-state index in [-0.39, 0.29) is 7.43 Å². The summed E-state index contributed by atoms with van der Waals surface area (Å²) in [7, 11) is 0.